The van der Waals surface area contributed by atoms with Gasteiger partial charge in [0.1, 0.15) is 16.7 Å². The minimum absolute atomic E-state index is 0.0720. The molecule has 0 saturated carbocycles. The summed E-state index contributed by atoms with van der Waals surface area (Å²) in [7, 11) is 0. The summed E-state index contributed by atoms with van der Waals surface area (Å²) in [5.41, 5.74) is 2.05. The van der Waals surface area contributed by atoms with Gasteiger partial charge in [-0.1, -0.05) is 34.4 Å². The first-order valence-electron chi connectivity index (χ1n) is 6.79. The molecule has 0 radical (unpaired) electrons. The van der Waals surface area contributed by atoms with Gasteiger partial charge < -0.3 is 9.42 Å². The number of benzene rings is 1. The van der Waals surface area contributed by atoms with Crippen molar-refractivity contribution in [3.8, 4) is 0 Å². The highest BCUT2D eigenvalue weighted by Crippen LogP contribution is 2.42. The highest BCUT2D eigenvalue weighted by Gasteiger charge is 2.34. The summed E-state index contributed by atoms with van der Waals surface area (Å²) in [6.07, 6.45) is 0. The molecule has 0 N–H and O–H groups in total. The minimum atomic E-state index is -0.119. The fourth-order valence-electron chi connectivity index (χ4n) is 2.57. The summed E-state index contributed by atoms with van der Waals surface area (Å²) in [5.74, 6) is 1.33. The number of thioether (sulfide) groups is 1. The van der Waals surface area contributed by atoms with E-state index in [-0.39, 0.29) is 11.3 Å². The molecule has 1 unspecified atom stereocenters. The van der Waals surface area contributed by atoms with E-state index in [0.29, 0.717) is 33.6 Å². The number of carbonyl (C=O) groups is 1. The SMILES string of the molecule is Cc1noc(C)c1C(=O)N1CCSC1c1ccc(Cl)cc1Cl. The largest absolute Gasteiger partial charge is 0.361 e. The summed E-state index contributed by atoms with van der Waals surface area (Å²) in [6.45, 7) is 4.19. The predicted octanol–water partition coefficient (Wildman–Crippen LogP) is 4.49. The predicted molar refractivity (Wildman–Crippen MR) is 88.7 cm³/mol. The smallest absolute Gasteiger partial charge is 0.260 e. The van der Waals surface area contributed by atoms with E-state index < -0.39 is 0 Å². The lowest BCUT2D eigenvalue weighted by Crippen LogP contribution is -2.31. The zero-order valence-electron chi connectivity index (χ0n) is 12.1. The van der Waals surface area contributed by atoms with Gasteiger partial charge in [0.2, 0.25) is 0 Å². The first-order chi connectivity index (χ1) is 10.5. The van der Waals surface area contributed by atoms with Gasteiger partial charge in [-0.3, -0.25) is 4.79 Å². The zero-order valence-corrected chi connectivity index (χ0v) is 14.4. The number of hydrogen-bond acceptors (Lipinski definition) is 4. The second-order valence-electron chi connectivity index (χ2n) is 5.09. The molecule has 3 rings (SSSR count). The topological polar surface area (TPSA) is 46.3 Å². The van der Waals surface area contributed by atoms with E-state index in [0.717, 1.165) is 11.3 Å². The highest BCUT2D eigenvalue weighted by atomic mass is 35.5. The van der Waals surface area contributed by atoms with Crippen LogP contribution in [0.1, 0.15) is 32.7 Å². The van der Waals surface area contributed by atoms with Crippen molar-refractivity contribution in [3.05, 3.63) is 50.8 Å². The third-order valence-corrected chi connectivity index (χ3v) is 5.43. The van der Waals surface area contributed by atoms with E-state index in [4.69, 9.17) is 27.7 Å². The number of aromatic nitrogens is 1. The summed E-state index contributed by atoms with van der Waals surface area (Å²) in [5, 5.41) is 4.90. The van der Waals surface area contributed by atoms with E-state index in [9.17, 15) is 4.79 Å². The lowest BCUT2D eigenvalue weighted by atomic mass is 10.1. The number of nitrogens with zero attached hydrogens (tertiary/aromatic N) is 2. The van der Waals surface area contributed by atoms with Crippen molar-refractivity contribution in [2.75, 3.05) is 12.3 Å². The molecule has 1 aromatic heterocycles. The molecule has 1 aliphatic heterocycles. The molecule has 2 heterocycles. The first kappa shape index (κ1) is 15.7. The number of rotatable bonds is 2. The maximum atomic E-state index is 12.9. The normalized spacial score (nSPS) is 18.0. The third-order valence-electron chi connectivity index (χ3n) is 3.63. The van der Waals surface area contributed by atoms with Crippen LogP contribution in [0.2, 0.25) is 10.0 Å². The quantitative estimate of drug-likeness (QED) is 0.795. The molecule has 4 nitrogen and oxygen atoms in total. The van der Waals surface area contributed by atoms with Gasteiger partial charge in [-0.25, -0.2) is 0 Å². The van der Waals surface area contributed by atoms with Crippen molar-refractivity contribution >= 4 is 40.9 Å². The Hall–Kier alpha value is -1.17. The summed E-state index contributed by atoms with van der Waals surface area (Å²) in [4.78, 5) is 14.7. The standard InChI is InChI=1S/C15H14Cl2N2O2S/c1-8-13(9(2)21-18-8)14(20)19-5-6-22-15(19)11-4-3-10(16)7-12(11)17/h3-4,7,15H,5-6H2,1-2H3. The van der Waals surface area contributed by atoms with Crippen LogP contribution in [0.5, 0.6) is 0 Å². The average molecular weight is 357 g/mol. The van der Waals surface area contributed by atoms with Crippen LogP contribution in [0.3, 0.4) is 0 Å². The molecule has 1 fully saturated rings. The molecule has 0 bridgehead atoms. The molecule has 1 amide bonds. The van der Waals surface area contributed by atoms with Gasteiger partial charge >= 0.3 is 0 Å². The Morgan fingerprint density at radius 1 is 1.41 bits per heavy atom. The maximum Gasteiger partial charge on any atom is 0.260 e. The average Bonchev–Trinajstić information content (AvgIpc) is 3.06. The lowest BCUT2D eigenvalue weighted by Gasteiger charge is -2.24. The van der Waals surface area contributed by atoms with E-state index in [1.165, 1.54) is 0 Å². The van der Waals surface area contributed by atoms with Gasteiger partial charge in [0, 0.05) is 27.9 Å². The Morgan fingerprint density at radius 3 is 2.82 bits per heavy atom. The summed E-state index contributed by atoms with van der Waals surface area (Å²) in [6, 6.07) is 5.37. The molecule has 2 aromatic rings. The molecule has 1 aliphatic rings. The molecule has 22 heavy (non-hydrogen) atoms. The number of hydrogen-bond donors (Lipinski definition) is 0. The number of carbonyl (C=O) groups excluding carboxylic acids is 1. The third kappa shape index (κ3) is 2.73. The van der Waals surface area contributed by atoms with Crippen LogP contribution in [0, 0.1) is 13.8 Å². The number of aryl methyl sites for hydroxylation is 2. The molecule has 1 atom stereocenters. The number of halogens is 2. The van der Waals surface area contributed by atoms with Crippen LogP contribution >= 0.6 is 35.0 Å². The van der Waals surface area contributed by atoms with Crippen molar-refractivity contribution in [2.24, 2.45) is 0 Å². The number of amides is 1. The van der Waals surface area contributed by atoms with Crippen LogP contribution in [-0.4, -0.2) is 28.3 Å². The summed E-state index contributed by atoms with van der Waals surface area (Å²) < 4.78 is 5.11. The fourth-order valence-corrected chi connectivity index (χ4v) is 4.44. The minimum Gasteiger partial charge on any atom is -0.361 e. The van der Waals surface area contributed by atoms with Crippen LogP contribution < -0.4 is 0 Å². The Labute approximate surface area is 142 Å². The van der Waals surface area contributed by atoms with E-state index >= 15 is 0 Å². The first-order valence-corrected chi connectivity index (χ1v) is 8.60. The molecular formula is C15H14Cl2N2O2S. The van der Waals surface area contributed by atoms with E-state index in [1.54, 1.807) is 37.7 Å². The van der Waals surface area contributed by atoms with Gasteiger partial charge in [0.25, 0.3) is 5.91 Å². The molecule has 1 saturated heterocycles. The fraction of sp³-hybridized carbons (Fsp3) is 0.333. The van der Waals surface area contributed by atoms with Crippen molar-refractivity contribution in [1.29, 1.82) is 0 Å². The van der Waals surface area contributed by atoms with Crippen molar-refractivity contribution < 1.29 is 9.32 Å². The van der Waals surface area contributed by atoms with Gasteiger partial charge in [-0.2, -0.15) is 0 Å². The van der Waals surface area contributed by atoms with Gasteiger partial charge in [-0.15, -0.1) is 11.8 Å². The second-order valence-corrected chi connectivity index (χ2v) is 7.12. The molecular weight excluding hydrogens is 343 g/mol. The summed E-state index contributed by atoms with van der Waals surface area (Å²) >= 11 is 13.9. The van der Waals surface area contributed by atoms with Crippen molar-refractivity contribution in [2.45, 2.75) is 19.2 Å². The lowest BCUT2D eigenvalue weighted by molar-refractivity contribution is 0.0758. The van der Waals surface area contributed by atoms with Crippen LogP contribution in [-0.2, 0) is 0 Å². The van der Waals surface area contributed by atoms with Gasteiger partial charge in [-0.05, 0) is 26.0 Å². The van der Waals surface area contributed by atoms with Gasteiger partial charge in [0.05, 0.1) is 5.69 Å². The van der Waals surface area contributed by atoms with E-state index in [1.807, 2.05) is 11.0 Å². The van der Waals surface area contributed by atoms with Gasteiger partial charge in [0.15, 0.2) is 0 Å². The van der Waals surface area contributed by atoms with E-state index in [2.05, 4.69) is 5.16 Å². The van der Waals surface area contributed by atoms with Crippen molar-refractivity contribution in [1.82, 2.24) is 10.1 Å². The molecule has 0 spiro atoms. The van der Waals surface area contributed by atoms with Crippen LogP contribution in [0.25, 0.3) is 0 Å². The molecule has 1 aromatic carbocycles. The second kappa shape index (κ2) is 6.14. The maximum absolute atomic E-state index is 12.9. The highest BCUT2D eigenvalue weighted by molar-refractivity contribution is 7.99. The molecule has 116 valence electrons. The van der Waals surface area contributed by atoms with Crippen molar-refractivity contribution in [3.63, 3.8) is 0 Å². The van der Waals surface area contributed by atoms with Crippen LogP contribution in [0.15, 0.2) is 22.7 Å². The molecule has 7 heteroatoms. The molecule has 0 aliphatic carbocycles. The Bertz CT molecular complexity index is 713. The Balaban J connectivity index is 1.95. The monoisotopic (exact) mass is 356 g/mol. The Kier molecular flexibility index (Phi) is 4.39. The zero-order chi connectivity index (χ0) is 15.9. The van der Waals surface area contributed by atoms with Crippen LogP contribution in [0.4, 0.5) is 0 Å². The Morgan fingerprint density at radius 2 is 2.18 bits per heavy atom.